The standard InChI is InChI=1S/C16H29N3O2/c1-10(2)9-16(7,8)14(20)17-11(3)12-18-13(19-21-12)15(4,5)6/h10-11H,9H2,1-8H3,(H,17,20)/t11-/m0/s1. The maximum atomic E-state index is 12.4. The van der Waals surface area contributed by atoms with Gasteiger partial charge in [0.2, 0.25) is 11.8 Å². The summed E-state index contributed by atoms with van der Waals surface area (Å²) in [5.41, 5.74) is -0.572. The summed E-state index contributed by atoms with van der Waals surface area (Å²) in [4.78, 5) is 16.8. The van der Waals surface area contributed by atoms with Crippen LogP contribution in [0.1, 0.15) is 79.6 Å². The molecule has 0 aliphatic heterocycles. The quantitative estimate of drug-likeness (QED) is 0.901. The Morgan fingerprint density at radius 1 is 1.19 bits per heavy atom. The van der Waals surface area contributed by atoms with Crippen LogP contribution >= 0.6 is 0 Å². The third-order valence-corrected chi connectivity index (χ3v) is 3.36. The number of nitrogens with zero attached hydrogens (tertiary/aromatic N) is 2. The van der Waals surface area contributed by atoms with Crippen molar-refractivity contribution in [1.29, 1.82) is 0 Å². The molecule has 0 bridgehead atoms. The number of amides is 1. The molecule has 0 unspecified atom stereocenters. The van der Waals surface area contributed by atoms with Crippen molar-refractivity contribution in [3.05, 3.63) is 11.7 Å². The highest BCUT2D eigenvalue weighted by Crippen LogP contribution is 2.27. The van der Waals surface area contributed by atoms with Crippen LogP contribution in [-0.4, -0.2) is 16.0 Å². The fourth-order valence-corrected chi connectivity index (χ4v) is 2.28. The molecule has 120 valence electrons. The van der Waals surface area contributed by atoms with Crippen LogP contribution in [0.5, 0.6) is 0 Å². The molecule has 1 aromatic heterocycles. The van der Waals surface area contributed by atoms with E-state index >= 15 is 0 Å². The zero-order chi connectivity index (χ0) is 16.4. The second-order valence-corrected chi connectivity index (χ2v) is 7.88. The summed E-state index contributed by atoms with van der Waals surface area (Å²) in [6.45, 7) is 16.1. The van der Waals surface area contributed by atoms with Gasteiger partial charge in [0, 0.05) is 10.8 Å². The van der Waals surface area contributed by atoms with Crippen LogP contribution in [0, 0.1) is 11.3 Å². The molecule has 1 aromatic rings. The summed E-state index contributed by atoms with van der Waals surface area (Å²) in [5.74, 6) is 1.59. The molecule has 0 fully saturated rings. The van der Waals surface area contributed by atoms with Gasteiger partial charge in [-0.15, -0.1) is 0 Å². The normalized spacial score (nSPS) is 14.3. The predicted octanol–water partition coefficient (Wildman–Crippen LogP) is 3.62. The van der Waals surface area contributed by atoms with Crippen molar-refractivity contribution in [3.8, 4) is 0 Å². The van der Waals surface area contributed by atoms with Gasteiger partial charge in [0.25, 0.3) is 0 Å². The molecule has 0 aliphatic carbocycles. The molecule has 0 saturated heterocycles. The average molecular weight is 295 g/mol. The van der Waals surface area contributed by atoms with E-state index in [-0.39, 0.29) is 17.4 Å². The minimum absolute atomic E-state index is 0.0132. The molecule has 21 heavy (non-hydrogen) atoms. The first-order chi connectivity index (χ1) is 9.43. The molecule has 1 heterocycles. The Hall–Kier alpha value is -1.39. The maximum absolute atomic E-state index is 12.4. The first kappa shape index (κ1) is 17.7. The Morgan fingerprint density at radius 2 is 1.76 bits per heavy atom. The van der Waals surface area contributed by atoms with Crippen LogP contribution in [0.25, 0.3) is 0 Å². The molecule has 0 spiro atoms. The molecule has 1 atom stereocenters. The molecule has 5 heteroatoms. The Kier molecular flexibility index (Phi) is 5.18. The topological polar surface area (TPSA) is 68.0 Å². The second kappa shape index (κ2) is 6.16. The SMILES string of the molecule is CC(C)CC(C)(C)C(=O)N[C@@H](C)c1nc(C(C)(C)C)no1. The van der Waals surface area contributed by atoms with E-state index in [2.05, 4.69) is 29.3 Å². The van der Waals surface area contributed by atoms with Gasteiger partial charge in [-0.25, -0.2) is 0 Å². The summed E-state index contributed by atoms with van der Waals surface area (Å²) in [6, 6.07) is -0.285. The van der Waals surface area contributed by atoms with Gasteiger partial charge in [0.15, 0.2) is 5.82 Å². The minimum Gasteiger partial charge on any atom is -0.344 e. The van der Waals surface area contributed by atoms with Gasteiger partial charge in [0.05, 0.1) is 0 Å². The Bertz CT molecular complexity index is 484. The number of hydrogen-bond acceptors (Lipinski definition) is 4. The zero-order valence-electron chi connectivity index (χ0n) is 14.6. The van der Waals surface area contributed by atoms with Gasteiger partial charge in [-0.3, -0.25) is 4.79 Å². The number of hydrogen-bond donors (Lipinski definition) is 1. The zero-order valence-corrected chi connectivity index (χ0v) is 14.6. The van der Waals surface area contributed by atoms with Crippen molar-refractivity contribution in [2.75, 3.05) is 0 Å². The number of carbonyl (C=O) groups is 1. The summed E-state index contributed by atoms with van der Waals surface area (Å²) >= 11 is 0. The molecule has 1 amide bonds. The first-order valence-electron chi connectivity index (χ1n) is 7.58. The van der Waals surface area contributed by atoms with E-state index in [9.17, 15) is 4.79 Å². The van der Waals surface area contributed by atoms with Gasteiger partial charge in [-0.1, -0.05) is 53.6 Å². The first-order valence-corrected chi connectivity index (χ1v) is 7.58. The lowest BCUT2D eigenvalue weighted by Gasteiger charge is -2.26. The van der Waals surface area contributed by atoms with Gasteiger partial charge in [-0.2, -0.15) is 4.98 Å². The fraction of sp³-hybridized carbons (Fsp3) is 0.812. The summed E-state index contributed by atoms with van der Waals surface area (Å²) < 4.78 is 5.27. The third-order valence-electron chi connectivity index (χ3n) is 3.36. The fourth-order valence-electron chi connectivity index (χ4n) is 2.28. The molecular weight excluding hydrogens is 266 g/mol. The van der Waals surface area contributed by atoms with E-state index < -0.39 is 5.41 Å². The van der Waals surface area contributed by atoms with E-state index in [0.29, 0.717) is 17.6 Å². The van der Waals surface area contributed by atoms with Gasteiger partial charge >= 0.3 is 0 Å². The van der Waals surface area contributed by atoms with Crippen LogP contribution in [0.3, 0.4) is 0 Å². The smallest absolute Gasteiger partial charge is 0.248 e. The van der Waals surface area contributed by atoms with Crippen LogP contribution in [-0.2, 0) is 10.2 Å². The van der Waals surface area contributed by atoms with Crippen molar-refractivity contribution < 1.29 is 9.32 Å². The number of rotatable bonds is 5. The minimum atomic E-state index is -0.407. The van der Waals surface area contributed by atoms with Crippen LogP contribution in [0.15, 0.2) is 4.52 Å². The Morgan fingerprint density at radius 3 is 2.19 bits per heavy atom. The predicted molar refractivity (Wildman–Crippen MR) is 82.8 cm³/mol. The Labute approximate surface area is 127 Å². The lowest BCUT2D eigenvalue weighted by molar-refractivity contribution is -0.131. The molecule has 5 nitrogen and oxygen atoms in total. The highest BCUT2D eigenvalue weighted by molar-refractivity contribution is 5.82. The highest BCUT2D eigenvalue weighted by Gasteiger charge is 2.31. The van der Waals surface area contributed by atoms with Crippen molar-refractivity contribution in [2.24, 2.45) is 11.3 Å². The largest absolute Gasteiger partial charge is 0.344 e. The second-order valence-electron chi connectivity index (χ2n) is 7.88. The lowest BCUT2D eigenvalue weighted by atomic mass is 9.83. The monoisotopic (exact) mass is 295 g/mol. The van der Waals surface area contributed by atoms with Crippen molar-refractivity contribution in [2.45, 2.75) is 73.3 Å². The van der Waals surface area contributed by atoms with E-state index in [1.807, 2.05) is 41.5 Å². The number of aromatic nitrogens is 2. The van der Waals surface area contributed by atoms with Gasteiger partial charge in [-0.05, 0) is 19.3 Å². The molecular formula is C16H29N3O2. The van der Waals surface area contributed by atoms with Crippen molar-refractivity contribution >= 4 is 5.91 Å². The number of carbonyl (C=O) groups excluding carboxylic acids is 1. The van der Waals surface area contributed by atoms with Gasteiger partial charge in [0.1, 0.15) is 6.04 Å². The third kappa shape index (κ3) is 4.83. The van der Waals surface area contributed by atoms with E-state index in [0.717, 1.165) is 6.42 Å². The van der Waals surface area contributed by atoms with Crippen LogP contribution in [0.4, 0.5) is 0 Å². The Balaban J connectivity index is 2.75. The number of nitrogens with one attached hydrogen (secondary N) is 1. The summed E-state index contributed by atoms with van der Waals surface area (Å²) in [5, 5.41) is 6.96. The van der Waals surface area contributed by atoms with Gasteiger partial charge < -0.3 is 9.84 Å². The molecule has 0 aliphatic rings. The maximum Gasteiger partial charge on any atom is 0.248 e. The van der Waals surface area contributed by atoms with Crippen molar-refractivity contribution in [3.63, 3.8) is 0 Å². The highest BCUT2D eigenvalue weighted by atomic mass is 16.5. The summed E-state index contributed by atoms with van der Waals surface area (Å²) in [7, 11) is 0. The van der Waals surface area contributed by atoms with E-state index in [4.69, 9.17) is 4.52 Å². The molecule has 1 N–H and O–H groups in total. The van der Waals surface area contributed by atoms with E-state index in [1.165, 1.54) is 0 Å². The van der Waals surface area contributed by atoms with Crippen LogP contribution in [0.2, 0.25) is 0 Å². The average Bonchev–Trinajstić information content (AvgIpc) is 2.75. The molecule has 0 saturated carbocycles. The van der Waals surface area contributed by atoms with Crippen LogP contribution < -0.4 is 5.32 Å². The molecule has 1 rings (SSSR count). The molecule has 0 aromatic carbocycles. The molecule has 0 radical (unpaired) electrons. The van der Waals surface area contributed by atoms with E-state index in [1.54, 1.807) is 0 Å². The van der Waals surface area contributed by atoms with Crippen molar-refractivity contribution in [1.82, 2.24) is 15.5 Å². The lowest BCUT2D eigenvalue weighted by Crippen LogP contribution is -2.39. The summed E-state index contributed by atoms with van der Waals surface area (Å²) in [6.07, 6.45) is 0.836.